The van der Waals surface area contributed by atoms with Gasteiger partial charge in [0, 0.05) is 35.3 Å². The van der Waals surface area contributed by atoms with Gasteiger partial charge in [-0.15, -0.1) is 0 Å². The van der Waals surface area contributed by atoms with E-state index in [-0.39, 0.29) is 5.91 Å². The van der Waals surface area contributed by atoms with E-state index in [9.17, 15) is 19.5 Å². The number of ketones is 1. The van der Waals surface area contributed by atoms with Crippen molar-refractivity contribution in [2.75, 3.05) is 31.6 Å². The van der Waals surface area contributed by atoms with Crippen LogP contribution >= 0.6 is 0 Å². The molecule has 0 radical (unpaired) electrons. The molecule has 8 nitrogen and oxygen atoms in total. The Morgan fingerprint density at radius 3 is 2.13 bits per heavy atom. The molecule has 0 saturated carbocycles. The summed E-state index contributed by atoms with van der Waals surface area (Å²) in [4.78, 5) is 39.1. The van der Waals surface area contributed by atoms with Gasteiger partial charge in [-0.25, -0.2) is 0 Å². The maximum absolute atomic E-state index is 12.5. The van der Waals surface area contributed by atoms with Gasteiger partial charge in [0.25, 0.3) is 5.91 Å². The molecule has 2 aromatic rings. The van der Waals surface area contributed by atoms with E-state index in [1.54, 1.807) is 24.3 Å². The van der Waals surface area contributed by atoms with Crippen LogP contribution in [0.15, 0.2) is 48.5 Å². The predicted octanol–water partition coefficient (Wildman–Crippen LogP) is 2.19. The van der Waals surface area contributed by atoms with E-state index in [2.05, 4.69) is 27.4 Å². The smallest absolute Gasteiger partial charge is 0.251 e. The molecule has 3 saturated heterocycles. The molecule has 3 heterocycles. The molecule has 2 amide bonds. The summed E-state index contributed by atoms with van der Waals surface area (Å²) in [6.45, 7) is 4.17. The van der Waals surface area contributed by atoms with Crippen LogP contribution in [-0.4, -0.2) is 71.1 Å². The molecule has 38 heavy (non-hydrogen) atoms. The van der Waals surface area contributed by atoms with Crippen LogP contribution in [0.25, 0.3) is 0 Å². The molecule has 0 unspecified atom stereocenters. The van der Waals surface area contributed by atoms with E-state index in [4.69, 9.17) is 5.11 Å². The minimum absolute atomic E-state index is 0.0462. The Bertz CT molecular complexity index is 1190. The van der Waals surface area contributed by atoms with Crippen molar-refractivity contribution >= 4 is 23.3 Å². The van der Waals surface area contributed by atoms with E-state index in [1.807, 2.05) is 24.3 Å². The van der Waals surface area contributed by atoms with Gasteiger partial charge >= 0.3 is 0 Å². The van der Waals surface area contributed by atoms with Gasteiger partial charge < -0.3 is 25.7 Å². The molecule has 0 aromatic heterocycles. The highest BCUT2D eigenvalue weighted by Gasteiger charge is 2.33. The monoisotopic (exact) mass is 517 g/mol. The van der Waals surface area contributed by atoms with Crippen molar-refractivity contribution < 1.29 is 24.6 Å². The Balaban J connectivity index is 1.26. The zero-order valence-corrected chi connectivity index (χ0v) is 21.7. The Labute approximate surface area is 223 Å². The number of nitrogens with zero attached hydrogens (tertiary/aromatic N) is 1. The zero-order chi connectivity index (χ0) is 27.1. The van der Waals surface area contributed by atoms with Gasteiger partial charge in [-0.2, -0.15) is 0 Å². The fourth-order valence-electron chi connectivity index (χ4n) is 5.23. The zero-order valence-electron chi connectivity index (χ0n) is 21.7. The Morgan fingerprint density at radius 1 is 1.00 bits per heavy atom. The number of nitrogens with one attached hydrogen (secondary N) is 2. The molecule has 2 bridgehead atoms. The second-order valence-electron chi connectivity index (χ2n) is 10.2. The lowest BCUT2D eigenvalue weighted by Gasteiger charge is -2.44. The molecule has 3 fully saturated rings. The lowest BCUT2D eigenvalue weighted by molar-refractivity contribution is -0.126. The van der Waals surface area contributed by atoms with E-state index in [1.165, 1.54) is 32.9 Å². The summed E-state index contributed by atoms with van der Waals surface area (Å²) in [7, 11) is 0. The van der Waals surface area contributed by atoms with Crippen molar-refractivity contribution in [3.8, 4) is 11.8 Å². The van der Waals surface area contributed by atoms with Crippen LogP contribution < -0.4 is 10.6 Å². The third-order valence-corrected chi connectivity index (χ3v) is 7.47. The van der Waals surface area contributed by atoms with Gasteiger partial charge in [-0.1, -0.05) is 11.8 Å². The normalized spacial score (nSPS) is 21.5. The molecule has 4 N–H and O–H groups in total. The van der Waals surface area contributed by atoms with Crippen LogP contribution in [0, 0.1) is 23.7 Å². The lowest BCUT2D eigenvalue weighted by atomic mass is 9.77. The molecule has 3 aliphatic rings. The number of carbonyl (C=O) groups excluding carboxylic acids is 3. The summed E-state index contributed by atoms with van der Waals surface area (Å²) >= 11 is 0. The number of fused-ring (bicyclic) bond motifs is 3. The van der Waals surface area contributed by atoms with Crippen LogP contribution in [0.5, 0.6) is 0 Å². The van der Waals surface area contributed by atoms with Crippen LogP contribution in [0.2, 0.25) is 0 Å². The minimum atomic E-state index is -1.18. The van der Waals surface area contributed by atoms with Gasteiger partial charge in [0.15, 0.2) is 5.78 Å². The third-order valence-electron chi connectivity index (χ3n) is 7.47. The lowest BCUT2D eigenvalue weighted by Crippen LogP contribution is -2.48. The fraction of sp³-hybridized carbons (Fsp3) is 0.433. The first-order valence-corrected chi connectivity index (χ1v) is 13.2. The number of aliphatic hydroxyl groups is 2. The van der Waals surface area contributed by atoms with Gasteiger partial charge in [0.1, 0.15) is 12.6 Å². The molecule has 0 aliphatic carbocycles. The second-order valence-corrected chi connectivity index (χ2v) is 10.2. The molecular formula is C30H35N3O5. The highest BCUT2D eigenvalue weighted by atomic mass is 16.3. The van der Waals surface area contributed by atoms with E-state index >= 15 is 0 Å². The van der Waals surface area contributed by atoms with E-state index in [0.717, 1.165) is 30.1 Å². The Morgan fingerprint density at radius 2 is 1.61 bits per heavy atom. The molecule has 3 atom stereocenters. The van der Waals surface area contributed by atoms with E-state index in [0.29, 0.717) is 23.5 Å². The topological polar surface area (TPSA) is 119 Å². The van der Waals surface area contributed by atoms with Crippen molar-refractivity contribution in [3.63, 3.8) is 0 Å². The summed E-state index contributed by atoms with van der Waals surface area (Å²) in [6, 6.07) is 12.8. The molecule has 2 aromatic carbocycles. The first kappa shape index (κ1) is 27.5. The van der Waals surface area contributed by atoms with Crippen molar-refractivity contribution in [3.05, 3.63) is 65.2 Å². The van der Waals surface area contributed by atoms with Crippen LogP contribution in [0.4, 0.5) is 5.69 Å². The minimum Gasteiger partial charge on any atom is -0.391 e. The number of piperidine rings is 3. The Kier molecular flexibility index (Phi) is 9.29. The first-order chi connectivity index (χ1) is 18.3. The number of hydrogen-bond acceptors (Lipinski definition) is 6. The summed E-state index contributed by atoms with van der Waals surface area (Å²) in [5.41, 5.74) is 2.55. The standard InChI is InChI=1S/C30H35N3O5/c1-20(35)29(27(36)19-34)32-30(38)24-8-4-21(5-9-24)2-3-22-6-11-26(12-7-22)31-28(37)13-10-25-18-33-16-14-23(25)15-17-33/h4-9,11-12,20,23,25,29,34-35H,10,13-19H2,1H3,(H,31,37)(H,32,38)/t20-,25-,29+/m1/s1. The van der Waals surface area contributed by atoms with Crippen molar-refractivity contribution in [1.29, 1.82) is 0 Å². The van der Waals surface area contributed by atoms with Gasteiger partial charge in [-0.3, -0.25) is 14.4 Å². The first-order valence-electron chi connectivity index (χ1n) is 13.2. The molecule has 8 heteroatoms. The maximum atomic E-state index is 12.5. The summed E-state index contributed by atoms with van der Waals surface area (Å²) in [5.74, 6) is 6.39. The summed E-state index contributed by atoms with van der Waals surface area (Å²) in [6.07, 6.45) is 2.90. The average Bonchev–Trinajstić information content (AvgIpc) is 2.94. The maximum Gasteiger partial charge on any atom is 0.251 e. The molecular weight excluding hydrogens is 482 g/mol. The number of rotatable bonds is 9. The van der Waals surface area contributed by atoms with Gasteiger partial charge in [-0.05, 0) is 99.6 Å². The molecule has 0 spiro atoms. The number of carbonyl (C=O) groups is 3. The number of Topliss-reactive ketones (excluding diaryl/α,β-unsaturated/α-hetero) is 1. The summed E-state index contributed by atoms with van der Waals surface area (Å²) < 4.78 is 0. The second kappa shape index (κ2) is 12.8. The van der Waals surface area contributed by atoms with Gasteiger partial charge in [0.2, 0.25) is 5.91 Å². The van der Waals surface area contributed by atoms with E-state index < -0.39 is 30.4 Å². The van der Waals surface area contributed by atoms with Crippen LogP contribution in [0.1, 0.15) is 54.1 Å². The third kappa shape index (κ3) is 7.29. The number of amides is 2. The quantitative estimate of drug-likeness (QED) is 0.379. The van der Waals surface area contributed by atoms with Crippen molar-refractivity contribution in [2.24, 2.45) is 11.8 Å². The van der Waals surface area contributed by atoms with Crippen molar-refractivity contribution in [2.45, 2.75) is 44.8 Å². The highest BCUT2D eigenvalue weighted by molar-refractivity contribution is 5.98. The fourth-order valence-corrected chi connectivity index (χ4v) is 5.23. The van der Waals surface area contributed by atoms with Crippen molar-refractivity contribution in [1.82, 2.24) is 10.2 Å². The van der Waals surface area contributed by atoms with Crippen LogP contribution in [0.3, 0.4) is 0 Å². The number of hydrogen-bond donors (Lipinski definition) is 4. The van der Waals surface area contributed by atoms with Crippen LogP contribution in [-0.2, 0) is 9.59 Å². The SMILES string of the molecule is C[C@@H](O)[C@H](NC(=O)c1ccc(C#Cc2ccc(NC(=O)CC[C@@H]3CN4CCC3CC4)cc2)cc1)C(=O)CO. The summed E-state index contributed by atoms with van der Waals surface area (Å²) in [5, 5.41) is 24.1. The molecule has 5 rings (SSSR count). The average molecular weight is 518 g/mol. The largest absolute Gasteiger partial charge is 0.391 e. The number of benzene rings is 2. The number of aliphatic hydroxyl groups excluding tert-OH is 2. The molecule has 200 valence electrons. The molecule has 3 aliphatic heterocycles. The predicted molar refractivity (Wildman–Crippen MR) is 144 cm³/mol. The Hall–Kier alpha value is -3.51. The highest BCUT2D eigenvalue weighted by Crippen LogP contribution is 2.34. The number of anilines is 1. The van der Waals surface area contributed by atoms with Gasteiger partial charge in [0.05, 0.1) is 6.10 Å².